The van der Waals surface area contributed by atoms with E-state index in [1.807, 2.05) is 12.2 Å². The van der Waals surface area contributed by atoms with Crippen LogP contribution in [0.5, 0.6) is 23.5 Å². The van der Waals surface area contributed by atoms with Gasteiger partial charge >= 0.3 is 0 Å². The highest BCUT2D eigenvalue weighted by atomic mass is 16.5. The molecule has 2 aromatic carbocycles. The van der Waals surface area contributed by atoms with Gasteiger partial charge in [0.25, 0.3) is 0 Å². The normalized spacial score (nSPS) is 12.9. The number of aromatic amines is 2. The van der Waals surface area contributed by atoms with Crippen molar-refractivity contribution in [3.8, 4) is 68.0 Å². The van der Waals surface area contributed by atoms with E-state index in [2.05, 4.69) is 186 Å². The molecule has 370 valence electrons. The zero-order chi connectivity index (χ0) is 51.7. The molecule has 2 aliphatic heterocycles. The molecule has 0 spiro atoms. The largest absolute Gasteiger partial charge is 0.480 e. The second-order valence-corrected chi connectivity index (χ2v) is 22.6. The number of rotatable bonds is 8. The monoisotopic (exact) mass is 963 g/mol. The first-order chi connectivity index (χ1) is 34.0. The Kier molecular flexibility index (Phi) is 12.5. The summed E-state index contributed by atoms with van der Waals surface area (Å²) in [5, 5.41) is 0. The molecular weight excluding hydrogens is 897 g/mol. The number of benzene rings is 2. The first-order valence-corrected chi connectivity index (χ1v) is 24.4. The van der Waals surface area contributed by atoms with Gasteiger partial charge in [0, 0.05) is 44.3 Å². The van der Waals surface area contributed by atoms with Crippen molar-refractivity contribution in [1.29, 1.82) is 0 Å². The van der Waals surface area contributed by atoms with Crippen molar-refractivity contribution in [1.82, 2.24) is 39.9 Å². The molecule has 0 unspecified atom stereocenters. The Balaban J connectivity index is 1.55. The van der Waals surface area contributed by atoms with Gasteiger partial charge in [-0.25, -0.2) is 29.9 Å². The minimum atomic E-state index is -0.145. The number of methoxy groups -OCH3 is 4. The lowest BCUT2D eigenvalue weighted by molar-refractivity contribution is 0.374. The standard InChI is InChI=1S/C60H66N8O4/c1-57(2,3)35-25-33(26-36(29-35)58(4,5)6)47-39-17-18-40(65-39)48(34-27-37(59(7,8)9)30-38(28-34)60(10,11)12)42-20-22-44(67-42)50(52-55(71-15)63-32-64-56(52)72-16)46-24-23-45(68-46)49(43-21-19-41(47)66-43)51-53(69-13)61-31-62-54(51)70-14/h17-32,66-67H,1-16H3. The Labute approximate surface area is 423 Å². The summed E-state index contributed by atoms with van der Waals surface area (Å²) < 4.78 is 23.9. The fourth-order valence-electron chi connectivity index (χ4n) is 9.37. The molecular formula is C60H66N8O4. The van der Waals surface area contributed by atoms with Crippen LogP contribution in [0.1, 0.15) is 128 Å². The third kappa shape index (κ3) is 9.14. The maximum atomic E-state index is 5.97. The molecule has 0 amide bonds. The Bertz CT molecular complexity index is 3180. The third-order valence-corrected chi connectivity index (χ3v) is 13.5. The molecule has 7 aromatic rings. The van der Waals surface area contributed by atoms with Crippen LogP contribution in [0.15, 0.2) is 73.3 Å². The Morgan fingerprint density at radius 2 is 0.583 bits per heavy atom. The number of H-pyrrole nitrogens is 2. The lowest BCUT2D eigenvalue weighted by Gasteiger charge is -2.26. The summed E-state index contributed by atoms with van der Waals surface area (Å²) in [6.45, 7) is 27.2. The van der Waals surface area contributed by atoms with Crippen molar-refractivity contribution in [3.63, 3.8) is 0 Å². The number of fused-ring (bicyclic) bond motifs is 8. The molecule has 2 N–H and O–H groups in total. The van der Waals surface area contributed by atoms with Gasteiger partial charge in [0.15, 0.2) is 0 Å². The van der Waals surface area contributed by atoms with Crippen LogP contribution < -0.4 is 18.9 Å². The molecule has 5 aromatic heterocycles. The number of aromatic nitrogens is 8. The number of hydrogen-bond donors (Lipinski definition) is 2. The van der Waals surface area contributed by atoms with Crippen molar-refractivity contribution < 1.29 is 18.9 Å². The Hall–Kier alpha value is -7.60. The quantitative estimate of drug-likeness (QED) is 0.151. The zero-order valence-corrected chi connectivity index (χ0v) is 44.6. The van der Waals surface area contributed by atoms with Gasteiger partial charge in [-0.1, -0.05) is 119 Å². The topological polar surface area (TPSA) is 146 Å². The summed E-state index contributed by atoms with van der Waals surface area (Å²) in [6, 6.07) is 22.3. The van der Waals surface area contributed by atoms with E-state index in [9.17, 15) is 0 Å². The summed E-state index contributed by atoms with van der Waals surface area (Å²) in [5.74, 6) is 1.27. The lowest BCUT2D eigenvalue weighted by atomic mass is 9.78. The molecule has 9 rings (SSSR count). The number of nitrogens with one attached hydrogen (secondary N) is 2. The highest BCUT2D eigenvalue weighted by molar-refractivity contribution is 6.01. The summed E-state index contributed by atoms with van der Waals surface area (Å²) >= 11 is 0. The van der Waals surface area contributed by atoms with Crippen molar-refractivity contribution in [2.75, 3.05) is 28.4 Å². The minimum absolute atomic E-state index is 0.145. The van der Waals surface area contributed by atoms with Gasteiger partial charge in [-0.2, -0.15) is 0 Å². The van der Waals surface area contributed by atoms with Crippen LogP contribution in [0, 0.1) is 0 Å². The molecule has 0 saturated heterocycles. The van der Waals surface area contributed by atoms with E-state index < -0.39 is 0 Å². The van der Waals surface area contributed by atoms with E-state index in [1.54, 1.807) is 28.4 Å². The predicted molar refractivity (Wildman–Crippen MR) is 293 cm³/mol. The van der Waals surface area contributed by atoms with Crippen LogP contribution >= 0.6 is 0 Å². The van der Waals surface area contributed by atoms with Gasteiger partial charge in [-0.05, 0) is 104 Å². The molecule has 0 saturated carbocycles. The molecule has 12 nitrogen and oxygen atoms in total. The average molecular weight is 963 g/mol. The van der Waals surface area contributed by atoms with Crippen molar-refractivity contribution in [3.05, 3.63) is 118 Å². The van der Waals surface area contributed by atoms with Crippen molar-refractivity contribution >= 4 is 46.4 Å². The fourth-order valence-corrected chi connectivity index (χ4v) is 9.37. The maximum absolute atomic E-state index is 5.97. The van der Waals surface area contributed by atoms with Gasteiger partial charge in [-0.15, -0.1) is 0 Å². The van der Waals surface area contributed by atoms with Crippen LogP contribution in [0.3, 0.4) is 0 Å². The van der Waals surface area contributed by atoms with Crippen LogP contribution in [-0.4, -0.2) is 68.3 Å². The van der Waals surface area contributed by atoms with E-state index in [0.717, 1.165) is 55.7 Å². The predicted octanol–water partition coefficient (Wildman–Crippen LogP) is 14.1. The van der Waals surface area contributed by atoms with Crippen LogP contribution in [0.25, 0.3) is 90.9 Å². The van der Waals surface area contributed by atoms with E-state index in [0.29, 0.717) is 57.2 Å². The SMILES string of the molecule is COc1ncnc(OC)c1-c1c2nc(c(-c3c(OC)ncnc3OC)c3ccc([nH]3)c(-c3cc(C(C)(C)C)cc(C(C)(C)C)c3)c3nc(c(-c4cc(C(C)(C)C)cc(C(C)(C)C)c4)c4ccc1[nH]4)C=C3)C=C2. The highest BCUT2D eigenvalue weighted by Gasteiger charge is 2.29. The molecule has 0 atom stereocenters. The van der Waals surface area contributed by atoms with Gasteiger partial charge in [0.2, 0.25) is 23.5 Å². The second-order valence-electron chi connectivity index (χ2n) is 22.6. The van der Waals surface area contributed by atoms with Gasteiger partial charge in [0.1, 0.15) is 23.8 Å². The molecule has 0 radical (unpaired) electrons. The molecule has 0 fully saturated rings. The molecule has 7 heterocycles. The first kappa shape index (κ1) is 49.4. The van der Waals surface area contributed by atoms with Crippen LogP contribution in [-0.2, 0) is 21.7 Å². The van der Waals surface area contributed by atoms with Gasteiger partial charge in [0.05, 0.1) is 51.2 Å². The fraction of sp³-hybridized carbons (Fsp3) is 0.333. The summed E-state index contributed by atoms with van der Waals surface area (Å²) in [4.78, 5) is 37.3. The number of hydrogen-bond acceptors (Lipinski definition) is 10. The number of nitrogens with zero attached hydrogens (tertiary/aromatic N) is 6. The van der Waals surface area contributed by atoms with Crippen molar-refractivity contribution in [2.24, 2.45) is 0 Å². The third-order valence-electron chi connectivity index (χ3n) is 13.5. The van der Waals surface area contributed by atoms with Crippen LogP contribution in [0.2, 0.25) is 0 Å². The minimum Gasteiger partial charge on any atom is -0.480 e. The van der Waals surface area contributed by atoms with E-state index in [-0.39, 0.29) is 21.7 Å². The molecule has 72 heavy (non-hydrogen) atoms. The summed E-state index contributed by atoms with van der Waals surface area (Å²) in [6.07, 6.45) is 11.1. The second kappa shape index (κ2) is 18.2. The zero-order valence-electron chi connectivity index (χ0n) is 44.6. The number of ether oxygens (including phenoxy) is 4. The Morgan fingerprint density at radius 1 is 0.333 bits per heavy atom. The van der Waals surface area contributed by atoms with Gasteiger partial charge in [-0.3, -0.25) is 0 Å². The average Bonchev–Trinajstić information content (AvgIpc) is 4.19. The first-order valence-electron chi connectivity index (χ1n) is 24.4. The molecule has 8 bridgehead atoms. The smallest absolute Gasteiger partial charge is 0.228 e. The highest BCUT2D eigenvalue weighted by Crippen LogP contribution is 2.46. The van der Waals surface area contributed by atoms with Crippen molar-refractivity contribution in [2.45, 2.75) is 105 Å². The lowest BCUT2D eigenvalue weighted by Crippen LogP contribution is -2.16. The maximum Gasteiger partial charge on any atom is 0.228 e. The molecule has 0 aliphatic carbocycles. The summed E-state index contributed by atoms with van der Waals surface area (Å²) in [5.41, 5.74) is 16.6. The Morgan fingerprint density at radius 3 is 0.833 bits per heavy atom. The van der Waals surface area contributed by atoms with Gasteiger partial charge < -0.3 is 28.9 Å². The molecule has 2 aliphatic rings. The van der Waals surface area contributed by atoms with E-state index in [1.165, 1.54) is 34.9 Å². The summed E-state index contributed by atoms with van der Waals surface area (Å²) in [7, 11) is 6.34. The molecule has 12 heteroatoms. The van der Waals surface area contributed by atoms with E-state index >= 15 is 0 Å². The van der Waals surface area contributed by atoms with E-state index in [4.69, 9.17) is 28.9 Å². The van der Waals surface area contributed by atoms with Crippen LogP contribution in [0.4, 0.5) is 0 Å².